The predicted molar refractivity (Wildman–Crippen MR) is 93.1 cm³/mol. The van der Waals surface area contributed by atoms with Crippen molar-refractivity contribution in [3.8, 4) is 5.75 Å². The van der Waals surface area contributed by atoms with Crippen LogP contribution in [0.3, 0.4) is 0 Å². The van der Waals surface area contributed by atoms with Crippen LogP contribution >= 0.6 is 43.5 Å². The van der Waals surface area contributed by atoms with Crippen molar-refractivity contribution in [1.29, 1.82) is 0 Å². The van der Waals surface area contributed by atoms with Gasteiger partial charge in [-0.3, -0.25) is 0 Å². The minimum Gasteiger partial charge on any atom is -0.492 e. The zero-order valence-electron chi connectivity index (χ0n) is 11.4. The maximum absolute atomic E-state index is 10.5. The molecule has 5 heteroatoms. The van der Waals surface area contributed by atoms with Gasteiger partial charge >= 0.3 is 0 Å². The summed E-state index contributed by atoms with van der Waals surface area (Å²) in [5.41, 5.74) is 1.42. The first-order valence-corrected chi connectivity index (χ1v) is 8.55. The van der Waals surface area contributed by atoms with Crippen LogP contribution in [0.4, 0.5) is 0 Å². The SMILES string of the molecule is CCCOc1ccc(C(O)c2cccc(Br)c2Cl)cc1Br. The van der Waals surface area contributed by atoms with Gasteiger partial charge in [-0.2, -0.15) is 0 Å². The standard InChI is InChI=1S/C16H15Br2ClO2/c1-2-8-21-14-7-6-10(9-13(14)18)16(20)11-4-3-5-12(17)15(11)19/h3-7,9,16,20H,2,8H2,1H3. The average Bonchev–Trinajstić information content (AvgIpc) is 2.48. The molecule has 0 radical (unpaired) electrons. The summed E-state index contributed by atoms with van der Waals surface area (Å²) in [6, 6.07) is 11.1. The van der Waals surface area contributed by atoms with Gasteiger partial charge in [-0.05, 0) is 62.0 Å². The van der Waals surface area contributed by atoms with E-state index in [1.807, 2.05) is 36.4 Å². The molecule has 0 bridgehead atoms. The van der Waals surface area contributed by atoms with Crippen molar-refractivity contribution in [2.24, 2.45) is 0 Å². The molecule has 0 aliphatic heterocycles. The molecule has 0 aliphatic carbocycles. The van der Waals surface area contributed by atoms with E-state index in [0.29, 0.717) is 17.2 Å². The van der Waals surface area contributed by atoms with Crippen molar-refractivity contribution in [2.75, 3.05) is 6.61 Å². The fourth-order valence-corrected chi connectivity index (χ4v) is 3.05. The molecule has 21 heavy (non-hydrogen) atoms. The predicted octanol–water partition coefficient (Wildman–Crippen LogP) is 5.74. The van der Waals surface area contributed by atoms with Crippen LogP contribution in [0.1, 0.15) is 30.6 Å². The molecule has 0 fully saturated rings. The van der Waals surface area contributed by atoms with Gasteiger partial charge in [0.25, 0.3) is 0 Å². The second-order valence-electron chi connectivity index (χ2n) is 4.58. The van der Waals surface area contributed by atoms with Gasteiger partial charge in [0.05, 0.1) is 16.1 Å². The van der Waals surface area contributed by atoms with Crippen molar-refractivity contribution in [2.45, 2.75) is 19.4 Å². The molecule has 1 N–H and O–H groups in total. The van der Waals surface area contributed by atoms with Crippen LogP contribution in [0, 0.1) is 0 Å². The first-order chi connectivity index (χ1) is 10.0. The molecule has 2 nitrogen and oxygen atoms in total. The lowest BCUT2D eigenvalue weighted by Gasteiger charge is -2.15. The molecule has 2 aromatic rings. The van der Waals surface area contributed by atoms with E-state index in [4.69, 9.17) is 16.3 Å². The Morgan fingerprint density at radius 3 is 2.62 bits per heavy atom. The monoisotopic (exact) mass is 432 g/mol. The summed E-state index contributed by atoms with van der Waals surface area (Å²) in [5.74, 6) is 0.771. The molecule has 0 saturated heterocycles. The van der Waals surface area contributed by atoms with Crippen LogP contribution in [0.5, 0.6) is 5.75 Å². The van der Waals surface area contributed by atoms with E-state index in [0.717, 1.165) is 26.7 Å². The van der Waals surface area contributed by atoms with E-state index in [-0.39, 0.29) is 0 Å². The van der Waals surface area contributed by atoms with Gasteiger partial charge < -0.3 is 9.84 Å². The summed E-state index contributed by atoms with van der Waals surface area (Å²) in [4.78, 5) is 0. The Kier molecular flexibility index (Phi) is 6.11. The molecule has 0 spiro atoms. The van der Waals surface area contributed by atoms with E-state index in [1.165, 1.54) is 0 Å². The molecule has 0 saturated carbocycles. The zero-order valence-corrected chi connectivity index (χ0v) is 15.4. The van der Waals surface area contributed by atoms with E-state index >= 15 is 0 Å². The summed E-state index contributed by atoms with van der Waals surface area (Å²) in [5, 5.41) is 11.0. The molecule has 0 heterocycles. The number of aliphatic hydroxyl groups excluding tert-OH is 1. The molecular formula is C16H15Br2ClO2. The average molecular weight is 435 g/mol. The lowest BCUT2D eigenvalue weighted by atomic mass is 10.0. The number of halogens is 3. The van der Waals surface area contributed by atoms with E-state index in [2.05, 4.69) is 38.8 Å². The van der Waals surface area contributed by atoms with Gasteiger partial charge in [-0.25, -0.2) is 0 Å². The largest absolute Gasteiger partial charge is 0.492 e. The lowest BCUT2D eigenvalue weighted by molar-refractivity contribution is 0.220. The molecule has 1 atom stereocenters. The van der Waals surface area contributed by atoms with Crippen LogP contribution in [0.2, 0.25) is 5.02 Å². The second kappa shape index (κ2) is 7.63. The summed E-state index contributed by atoms with van der Waals surface area (Å²) >= 11 is 13.1. The summed E-state index contributed by atoms with van der Waals surface area (Å²) in [6.07, 6.45) is 0.163. The molecule has 2 rings (SSSR count). The topological polar surface area (TPSA) is 29.5 Å². The third-order valence-electron chi connectivity index (χ3n) is 3.01. The van der Waals surface area contributed by atoms with E-state index in [9.17, 15) is 5.11 Å². The number of hydrogen-bond donors (Lipinski definition) is 1. The third kappa shape index (κ3) is 4.01. The van der Waals surface area contributed by atoms with Crippen molar-refractivity contribution >= 4 is 43.5 Å². The summed E-state index contributed by atoms with van der Waals surface area (Å²) < 4.78 is 7.19. The number of aliphatic hydroxyl groups is 1. The Labute approximate surface area is 146 Å². The normalized spacial score (nSPS) is 12.2. The maximum Gasteiger partial charge on any atom is 0.133 e. The third-order valence-corrected chi connectivity index (χ3v) is 4.94. The second-order valence-corrected chi connectivity index (χ2v) is 6.67. The van der Waals surface area contributed by atoms with Crippen molar-refractivity contribution < 1.29 is 9.84 Å². The van der Waals surface area contributed by atoms with E-state index < -0.39 is 6.10 Å². The zero-order chi connectivity index (χ0) is 15.4. The van der Waals surface area contributed by atoms with Crippen molar-refractivity contribution in [3.05, 3.63) is 61.5 Å². The number of ether oxygens (including phenoxy) is 1. The Balaban J connectivity index is 2.29. The molecule has 0 amide bonds. The quantitative estimate of drug-likeness (QED) is 0.651. The number of rotatable bonds is 5. The fourth-order valence-electron chi connectivity index (χ4n) is 1.93. The summed E-state index contributed by atoms with van der Waals surface area (Å²) in [7, 11) is 0. The molecule has 2 aromatic carbocycles. The van der Waals surface area contributed by atoms with Gasteiger partial charge in [0.1, 0.15) is 11.9 Å². The first kappa shape index (κ1) is 16.8. The van der Waals surface area contributed by atoms with Crippen LogP contribution in [-0.2, 0) is 0 Å². The fraction of sp³-hybridized carbons (Fsp3) is 0.250. The maximum atomic E-state index is 10.5. The minimum absolute atomic E-state index is 0.521. The van der Waals surface area contributed by atoms with Crippen LogP contribution in [0.15, 0.2) is 45.3 Å². The van der Waals surface area contributed by atoms with Gasteiger partial charge in [0.2, 0.25) is 0 Å². The van der Waals surface area contributed by atoms with Gasteiger partial charge in [0.15, 0.2) is 0 Å². The summed E-state index contributed by atoms with van der Waals surface area (Å²) in [6.45, 7) is 2.72. The van der Waals surface area contributed by atoms with Gasteiger partial charge in [-0.15, -0.1) is 0 Å². The molecule has 112 valence electrons. The van der Waals surface area contributed by atoms with Crippen LogP contribution < -0.4 is 4.74 Å². The van der Waals surface area contributed by atoms with Gasteiger partial charge in [0, 0.05) is 10.0 Å². The number of hydrogen-bond acceptors (Lipinski definition) is 2. The van der Waals surface area contributed by atoms with Crippen molar-refractivity contribution in [1.82, 2.24) is 0 Å². The Morgan fingerprint density at radius 2 is 1.95 bits per heavy atom. The smallest absolute Gasteiger partial charge is 0.133 e. The Hall–Kier alpha value is -0.550. The Bertz CT molecular complexity index is 632. The molecular weight excluding hydrogens is 419 g/mol. The highest BCUT2D eigenvalue weighted by Crippen LogP contribution is 2.35. The lowest BCUT2D eigenvalue weighted by Crippen LogP contribution is -2.02. The molecule has 1 unspecified atom stereocenters. The Morgan fingerprint density at radius 1 is 1.19 bits per heavy atom. The highest BCUT2D eigenvalue weighted by Gasteiger charge is 2.16. The highest BCUT2D eigenvalue weighted by atomic mass is 79.9. The minimum atomic E-state index is -0.786. The molecule has 0 aliphatic rings. The van der Waals surface area contributed by atoms with E-state index in [1.54, 1.807) is 0 Å². The van der Waals surface area contributed by atoms with Crippen molar-refractivity contribution in [3.63, 3.8) is 0 Å². The van der Waals surface area contributed by atoms with Crippen LogP contribution in [0.25, 0.3) is 0 Å². The highest BCUT2D eigenvalue weighted by molar-refractivity contribution is 9.10. The number of benzene rings is 2. The van der Waals surface area contributed by atoms with Crippen LogP contribution in [-0.4, -0.2) is 11.7 Å². The first-order valence-electron chi connectivity index (χ1n) is 6.58. The van der Waals surface area contributed by atoms with Gasteiger partial charge in [-0.1, -0.05) is 36.7 Å². The molecule has 0 aromatic heterocycles.